The molecule has 164 valence electrons. The Morgan fingerprint density at radius 1 is 1.33 bits per heavy atom. The summed E-state index contributed by atoms with van der Waals surface area (Å²) in [5, 5.41) is 4.84. The predicted octanol–water partition coefficient (Wildman–Crippen LogP) is 2.59. The highest BCUT2D eigenvalue weighted by Crippen LogP contribution is 2.30. The van der Waals surface area contributed by atoms with Crippen molar-refractivity contribution in [2.75, 3.05) is 19.7 Å². The van der Waals surface area contributed by atoms with Crippen molar-refractivity contribution in [2.45, 2.75) is 45.1 Å². The first-order chi connectivity index (χ1) is 14.3. The summed E-state index contributed by atoms with van der Waals surface area (Å²) in [6, 6.07) is 3.86. The Balaban J connectivity index is 1.79. The third kappa shape index (κ3) is 4.60. The molecule has 1 aliphatic heterocycles. The van der Waals surface area contributed by atoms with Crippen molar-refractivity contribution < 1.29 is 22.7 Å². The smallest absolute Gasteiger partial charge is 0.341 e. The maximum atomic E-state index is 13.4. The third-order valence-electron chi connectivity index (χ3n) is 5.17. The van der Waals surface area contributed by atoms with Crippen LogP contribution in [0.4, 0.5) is 0 Å². The van der Waals surface area contributed by atoms with Gasteiger partial charge in [0.05, 0.1) is 19.1 Å². The van der Waals surface area contributed by atoms with Crippen LogP contribution >= 0.6 is 11.3 Å². The standard InChI is InChI=1S/C20H27N3O5S2/c1-4-28-20(25)17-13(2)22-14(3)18(17)30(26,27)23-9-5-7-15(12-23)19(24)21-11-16-8-6-10-29-16/h6,8,10,15,22H,4-5,7,9,11-12H2,1-3H3,(H,21,24). The van der Waals surface area contributed by atoms with Crippen LogP contribution in [0.2, 0.25) is 0 Å². The predicted molar refractivity (Wildman–Crippen MR) is 114 cm³/mol. The minimum absolute atomic E-state index is 0.0404. The van der Waals surface area contributed by atoms with Gasteiger partial charge in [0.2, 0.25) is 15.9 Å². The number of nitrogens with zero attached hydrogens (tertiary/aromatic N) is 1. The summed E-state index contributed by atoms with van der Waals surface area (Å²) in [5.41, 5.74) is 0.880. The molecule has 0 aromatic carbocycles. The van der Waals surface area contributed by atoms with Gasteiger partial charge in [0.1, 0.15) is 10.5 Å². The molecule has 30 heavy (non-hydrogen) atoms. The van der Waals surface area contributed by atoms with Gasteiger partial charge < -0.3 is 15.0 Å². The molecule has 1 saturated heterocycles. The van der Waals surface area contributed by atoms with E-state index in [-0.39, 0.29) is 29.5 Å². The van der Waals surface area contributed by atoms with Crippen LogP contribution in [0, 0.1) is 19.8 Å². The quantitative estimate of drug-likeness (QED) is 0.627. The summed E-state index contributed by atoms with van der Waals surface area (Å²) in [6.45, 7) is 5.92. The third-order valence-corrected chi connectivity index (χ3v) is 8.08. The number of amides is 1. The Labute approximate surface area is 180 Å². The molecule has 10 heteroatoms. The van der Waals surface area contributed by atoms with E-state index in [9.17, 15) is 18.0 Å². The number of carbonyl (C=O) groups is 2. The largest absolute Gasteiger partial charge is 0.462 e. The summed E-state index contributed by atoms with van der Waals surface area (Å²) >= 11 is 1.56. The number of hydrogen-bond acceptors (Lipinski definition) is 6. The van der Waals surface area contributed by atoms with Gasteiger partial charge in [-0.15, -0.1) is 11.3 Å². The van der Waals surface area contributed by atoms with Gasteiger partial charge in [-0.05, 0) is 45.1 Å². The highest BCUT2D eigenvalue weighted by Gasteiger charge is 2.38. The van der Waals surface area contributed by atoms with Gasteiger partial charge in [0.15, 0.2) is 0 Å². The Morgan fingerprint density at radius 2 is 2.10 bits per heavy atom. The molecule has 0 radical (unpaired) electrons. The highest BCUT2D eigenvalue weighted by molar-refractivity contribution is 7.89. The fourth-order valence-corrected chi connectivity index (χ4v) is 6.35. The van der Waals surface area contributed by atoms with Crippen molar-refractivity contribution in [3.05, 3.63) is 39.3 Å². The first-order valence-electron chi connectivity index (χ1n) is 9.92. The molecule has 1 amide bonds. The van der Waals surface area contributed by atoms with Crippen molar-refractivity contribution >= 4 is 33.2 Å². The number of carbonyl (C=O) groups excluding carboxylic acids is 2. The van der Waals surface area contributed by atoms with Crippen molar-refractivity contribution in [3.63, 3.8) is 0 Å². The lowest BCUT2D eigenvalue weighted by Gasteiger charge is -2.31. The SMILES string of the molecule is CCOC(=O)c1c(C)[nH]c(C)c1S(=O)(=O)N1CCCC(C(=O)NCc2cccs2)C1. The van der Waals surface area contributed by atoms with Crippen LogP contribution in [0.15, 0.2) is 22.4 Å². The summed E-state index contributed by atoms with van der Waals surface area (Å²) in [6.07, 6.45) is 1.20. The maximum absolute atomic E-state index is 13.4. The molecule has 2 aromatic rings. The molecule has 1 aliphatic rings. The molecule has 0 aliphatic carbocycles. The molecular weight excluding hydrogens is 426 g/mol. The fraction of sp³-hybridized carbons (Fsp3) is 0.500. The first-order valence-corrected chi connectivity index (χ1v) is 12.2. The van der Waals surface area contributed by atoms with Crippen molar-refractivity contribution in [1.82, 2.24) is 14.6 Å². The number of rotatable bonds is 7. The molecule has 1 fully saturated rings. The number of aromatic nitrogens is 1. The average molecular weight is 454 g/mol. The Bertz CT molecular complexity index is 1010. The van der Waals surface area contributed by atoms with E-state index < -0.39 is 21.9 Å². The molecular formula is C20H27N3O5S2. The molecule has 0 bridgehead atoms. The van der Waals surface area contributed by atoms with Crippen molar-refractivity contribution in [2.24, 2.45) is 5.92 Å². The van der Waals surface area contributed by atoms with Crippen LogP contribution in [-0.2, 0) is 26.1 Å². The summed E-state index contributed by atoms with van der Waals surface area (Å²) in [7, 11) is -3.97. The number of esters is 1. The fourth-order valence-electron chi connectivity index (χ4n) is 3.77. The van der Waals surface area contributed by atoms with Crippen LogP contribution in [-0.4, -0.2) is 49.3 Å². The van der Waals surface area contributed by atoms with E-state index in [0.717, 1.165) is 4.88 Å². The van der Waals surface area contributed by atoms with Crippen LogP contribution in [0.3, 0.4) is 0 Å². The lowest BCUT2D eigenvalue weighted by Crippen LogP contribution is -2.45. The van der Waals surface area contributed by atoms with E-state index in [1.807, 2.05) is 17.5 Å². The van der Waals surface area contributed by atoms with E-state index in [0.29, 0.717) is 37.3 Å². The van der Waals surface area contributed by atoms with Crippen LogP contribution < -0.4 is 5.32 Å². The van der Waals surface area contributed by atoms with Crippen molar-refractivity contribution in [1.29, 1.82) is 0 Å². The minimum atomic E-state index is -3.97. The number of nitrogens with one attached hydrogen (secondary N) is 2. The van der Waals surface area contributed by atoms with Gasteiger partial charge >= 0.3 is 5.97 Å². The molecule has 0 saturated carbocycles. The van der Waals surface area contributed by atoms with Crippen molar-refractivity contribution in [3.8, 4) is 0 Å². The monoisotopic (exact) mass is 453 g/mol. The molecule has 3 heterocycles. The molecule has 1 atom stereocenters. The molecule has 2 aromatic heterocycles. The Morgan fingerprint density at radius 3 is 2.77 bits per heavy atom. The second kappa shape index (κ2) is 9.32. The van der Waals surface area contributed by atoms with Gasteiger partial charge in [-0.25, -0.2) is 13.2 Å². The first kappa shape index (κ1) is 22.5. The number of hydrogen-bond donors (Lipinski definition) is 2. The Hall–Kier alpha value is -2.17. The lowest BCUT2D eigenvalue weighted by molar-refractivity contribution is -0.126. The molecule has 0 spiro atoms. The number of aryl methyl sites for hydroxylation is 2. The number of thiophene rings is 1. The van der Waals surface area contributed by atoms with E-state index in [2.05, 4.69) is 10.3 Å². The van der Waals surface area contributed by atoms with E-state index >= 15 is 0 Å². The van der Waals surface area contributed by atoms with Gasteiger partial charge in [-0.3, -0.25) is 4.79 Å². The number of ether oxygens (including phenoxy) is 1. The normalized spacial score (nSPS) is 17.6. The Kier molecular flexibility index (Phi) is 6.99. The number of aromatic amines is 1. The number of H-pyrrole nitrogens is 1. The second-order valence-electron chi connectivity index (χ2n) is 7.30. The minimum Gasteiger partial charge on any atom is -0.462 e. The summed E-state index contributed by atoms with van der Waals surface area (Å²) < 4.78 is 33.2. The molecule has 2 N–H and O–H groups in total. The van der Waals surface area contributed by atoms with Crippen LogP contribution in [0.5, 0.6) is 0 Å². The van der Waals surface area contributed by atoms with E-state index in [1.165, 1.54) is 4.31 Å². The van der Waals surface area contributed by atoms with E-state index in [4.69, 9.17) is 4.74 Å². The zero-order valence-electron chi connectivity index (χ0n) is 17.4. The molecule has 1 unspecified atom stereocenters. The number of piperidine rings is 1. The van der Waals surface area contributed by atoms with Gasteiger partial charge in [-0.1, -0.05) is 6.07 Å². The summed E-state index contributed by atoms with van der Waals surface area (Å²) in [4.78, 5) is 29.0. The van der Waals surface area contributed by atoms with Gasteiger partial charge in [-0.2, -0.15) is 4.31 Å². The van der Waals surface area contributed by atoms with Gasteiger partial charge in [0, 0.05) is 29.4 Å². The topological polar surface area (TPSA) is 109 Å². The molecule has 3 rings (SSSR count). The second-order valence-corrected chi connectivity index (χ2v) is 10.2. The highest BCUT2D eigenvalue weighted by atomic mass is 32.2. The van der Waals surface area contributed by atoms with Gasteiger partial charge in [0.25, 0.3) is 0 Å². The number of sulfonamides is 1. The van der Waals surface area contributed by atoms with Crippen LogP contribution in [0.25, 0.3) is 0 Å². The maximum Gasteiger partial charge on any atom is 0.341 e. The van der Waals surface area contributed by atoms with Crippen LogP contribution in [0.1, 0.15) is 46.4 Å². The lowest BCUT2D eigenvalue weighted by atomic mass is 9.99. The summed E-state index contributed by atoms with van der Waals surface area (Å²) in [5.74, 6) is -1.25. The van der Waals surface area contributed by atoms with E-state index in [1.54, 1.807) is 32.1 Å². The average Bonchev–Trinajstić information content (AvgIpc) is 3.33. The molecule has 8 nitrogen and oxygen atoms in total. The zero-order chi connectivity index (χ0) is 21.9. The zero-order valence-corrected chi connectivity index (χ0v) is 19.0.